The first-order chi connectivity index (χ1) is 10.1. The number of pyridine rings is 1. The molecular weight excluding hydrogens is 266 g/mol. The Morgan fingerprint density at radius 3 is 3.00 bits per heavy atom. The molecule has 1 atom stereocenters. The predicted octanol–water partition coefficient (Wildman–Crippen LogP) is 1.92. The summed E-state index contributed by atoms with van der Waals surface area (Å²) < 4.78 is 0. The highest BCUT2D eigenvalue weighted by molar-refractivity contribution is 5.96. The number of nitrogens with one attached hydrogen (secondary N) is 2. The Balaban J connectivity index is 1.85. The van der Waals surface area contributed by atoms with E-state index < -0.39 is 0 Å². The van der Waals surface area contributed by atoms with E-state index in [4.69, 9.17) is 0 Å². The molecule has 0 aliphatic carbocycles. The van der Waals surface area contributed by atoms with Crippen molar-refractivity contribution in [2.24, 2.45) is 0 Å². The van der Waals surface area contributed by atoms with Crippen molar-refractivity contribution in [1.29, 1.82) is 0 Å². The Morgan fingerprint density at radius 2 is 2.14 bits per heavy atom. The van der Waals surface area contributed by atoms with Crippen LogP contribution in [0.15, 0.2) is 36.4 Å². The molecule has 0 spiro atoms. The van der Waals surface area contributed by atoms with Crippen molar-refractivity contribution >= 4 is 11.7 Å². The summed E-state index contributed by atoms with van der Waals surface area (Å²) in [7, 11) is 0. The average Bonchev–Trinajstić information content (AvgIpc) is 2.50. The van der Waals surface area contributed by atoms with Crippen LogP contribution in [0.3, 0.4) is 0 Å². The molecule has 1 amide bonds. The number of carbonyl (C=O) groups excluding carboxylic acids is 1. The summed E-state index contributed by atoms with van der Waals surface area (Å²) in [6.45, 7) is 3.16. The zero-order valence-electron chi connectivity index (χ0n) is 11.8. The maximum absolute atomic E-state index is 12.5. The van der Waals surface area contributed by atoms with Gasteiger partial charge in [-0.1, -0.05) is 24.3 Å². The first kappa shape index (κ1) is 13.6. The van der Waals surface area contributed by atoms with Crippen LogP contribution in [0.5, 0.6) is 5.75 Å². The van der Waals surface area contributed by atoms with Crippen LogP contribution in [0.2, 0.25) is 0 Å². The summed E-state index contributed by atoms with van der Waals surface area (Å²) in [6, 6.07) is 11.1. The molecule has 3 N–H and O–H groups in total. The van der Waals surface area contributed by atoms with Crippen LogP contribution in [0.1, 0.15) is 22.7 Å². The predicted molar refractivity (Wildman–Crippen MR) is 80.2 cm³/mol. The maximum atomic E-state index is 12.5. The van der Waals surface area contributed by atoms with E-state index in [9.17, 15) is 9.90 Å². The van der Waals surface area contributed by atoms with Crippen LogP contribution >= 0.6 is 0 Å². The molecule has 0 radical (unpaired) electrons. The van der Waals surface area contributed by atoms with Crippen LogP contribution in [0.25, 0.3) is 0 Å². The molecule has 5 heteroatoms. The summed E-state index contributed by atoms with van der Waals surface area (Å²) in [5, 5.41) is 15.7. The molecule has 1 aromatic carbocycles. The molecule has 1 aliphatic rings. The lowest BCUT2D eigenvalue weighted by Crippen LogP contribution is -2.35. The van der Waals surface area contributed by atoms with E-state index in [-0.39, 0.29) is 23.4 Å². The molecule has 21 heavy (non-hydrogen) atoms. The Kier molecular flexibility index (Phi) is 3.58. The van der Waals surface area contributed by atoms with E-state index in [1.54, 1.807) is 6.07 Å². The lowest BCUT2D eigenvalue weighted by Gasteiger charge is -2.25. The summed E-state index contributed by atoms with van der Waals surface area (Å²) >= 11 is 0. The molecule has 3 rings (SSSR count). The second-order valence-electron chi connectivity index (χ2n) is 5.19. The normalized spacial score (nSPS) is 17.1. The number of aromatic hydroxyl groups is 1. The number of carbonyl (C=O) groups is 1. The first-order valence-corrected chi connectivity index (χ1v) is 6.91. The van der Waals surface area contributed by atoms with E-state index in [0.29, 0.717) is 6.54 Å². The highest BCUT2D eigenvalue weighted by atomic mass is 16.3. The van der Waals surface area contributed by atoms with Gasteiger partial charge in [0.15, 0.2) is 11.6 Å². The number of nitrogens with zero attached hydrogens (tertiary/aromatic N) is 1. The summed E-state index contributed by atoms with van der Waals surface area (Å²) in [5.74, 6) is -0.256. The van der Waals surface area contributed by atoms with Crippen LogP contribution in [0, 0.1) is 6.92 Å². The SMILES string of the molecule is Cc1ccc(O)c(NC(=O)C2CNCc3ccccc32)n1. The summed E-state index contributed by atoms with van der Waals surface area (Å²) in [6.07, 6.45) is 0. The quantitative estimate of drug-likeness (QED) is 0.787. The third-order valence-electron chi connectivity index (χ3n) is 3.67. The van der Waals surface area contributed by atoms with Gasteiger partial charge in [0.05, 0.1) is 5.92 Å². The Labute approximate surface area is 123 Å². The molecule has 0 fully saturated rings. The minimum Gasteiger partial charge on any atom is -0.504 e. The van der Waals surface area contributed by atoms with Crippen molar-refractivity contribution in [1.82, 2.24) is 10.3 Å². The molecule has 1 aliphatic heterocycles. The number of rotatable bonds is 2. The van der Waals surface area contributed by atoms with Crippen LogP contribution in [0.4, 0.5) is 5.82 Å². The van der Waals surface area contributed by atoms with Crippen LogP contribution < -0.4 is 10.6 Å². The Hall–Kier alpha value is -2.40. The number of benzene rings is 1. The highest BCUT2D eigenvalue weighted by Gasteiger charge is 2.26. The van der Waals surface area contributed by atoms with Gasteiger partial charge in [0.2, 0.25) is 5.91 Å². The van der Waals surface area contributed by atoms with Gasteiger partial charge < -0.3 is 15.7 Å². The first-order valence-electron chi connectivity index (χ1n) is 6.91. The van der Waals surface area contributed by atoms with Crippen molar-refractivity contribution in [3.05, 3.63) is 53.2 Å². The molecule has 1 unspecified atom stereocenters. The van der Waals surface area contributed by atoms with E-state index in [1.807, 2.05) is 31.2 Å². The van der Waals surface area contributed by atoms with E-state index >= 15 is 0 Å². The standard InChI is InChI=1S/C16H17N3O2/c1-10-6-7-14(20)15(18-10)19-16(21)13-9-17-8-11-4-2-3-5-12(11)13/h2-7,13,17,20H,8-9H2,1H3,(H,18,19,21). The molecule has 0 saturated heterocycles. The highest BCUT2D eigenvalue weighted by Crippen LogP contribution is 2.27. The number of anilines is 1. The van der Waals surface area contributed by atoms with Gasteiger partial charge >= 0.3 is 0 Å². The van der Waals surface area contributed by atoms with E-state index in [1.165, 1.54) is 6.07 Å². The Morgan fingerprint density at radius 1 is 1.33 bits per heavy atom. The zero-order valence-corrected chi connectivity index (χ0v) is 11.8. The fraction of sp³-hybridized carbons (Fsp3) is 0.250. The fourth-order valence-corrected chi connectivity index (χ4v) is 2.58. The summed E-state index contributed by atoms with van der Waals surface area (Å²) in [5.41, 5.74) is 2.90. The number of fused-ring (bicyclic) bond motifs is 1. The molecule has 108 valence electrons. The van der Waals surface area contributed by atoms with Gasteiger partial charge in [0.25, 0.3) is 0 Å². The maximum Gasteiger partial charge on any atom is 0.234 e. The summed E-state index contributed by atoms with van der Waals surface area (Å²) in [4.78, 5) is 16.7. The number of amides is 1. The second-order valence-corrected chi connectivity index (χ2v) is 5.19. The lowest BCUT2D eigenvalue weighted by molar-refractivity contribution is -0.117. The van der Waals surface area contributed by atoms with Gasteiger partial charge in [-0.15, -0.1) is 0 Å². The number of aromatic nitrogens is 1. The van der Waals surface area contributed by atoms with Gasteiger partial charge in [0, 0.05) is 18.8 Å². The molecule has 0 bridgehead atoms. The molecule has 2 heterocycles. The van der Waals surface area contributed by atoms with Gasteiger partial charge in [-0.3, -0.25) is 4.79 Å². The van der Waals surface area contributed by atoms with Gasteiger partial charge in [-0.2, -0.15) is 0 Å². The van der Waals surface area contributed by atoms with Crippen molar-refractivity contribution in [2.45, 2.75) is 19.4 Å². The lowest BCUT2D eigenvalue weighted by atomic mass is 9.90. The van der Waals surface area contributed by atoms with Gasteiger partial charge in [-0.25, -0.2) is 4.98 Å². The van der Waals surface area contributed by atoms with Gasteiger partial charge in [0.1, 0.15) is 0 Å². The van der Waals surface area contributed by atoms with E-state index in [2.05, 4.69) is 15.6 Å². The van der Waals surface area contributed by atoms with Crippen LogP contribution in [-0.2, 0) is 11.3 Å². The van der Waals surface area contributed by atoms with Crippen molar-refractivity contribution in [2.75, 3.05) is 11.9 Å². The van der Waals surface area contributed by atoms with Crippen molar-refractivity contribution in [3.8, 4) is 5.75 Å². The monoisotopic (exact) mass is 283 g/mol. The number of aryl methyl sites for hydroxylation is 1. The van der Waals surface area contributed by atoms with E-state index in [0.717, 1.165) is 23.4 Å². The molecular formula is C16H17N3O2. The molecule has 0 saturated carbocycles. The van der Waals surface area contributed by atoms with Crippen molar-refractivity contribution in [3.63, 3.8) is 0 Å². The van der Waals surface area contributed by atoms with Crippen molar-refractivity contribution < 1.29 is 9.90 Å². The van der Waals surface area contributed by atoms with Crippen LogP contribution in [-0.4, -0.2) is 22.5 Å². The molecule has 5 nitrogen and oxygen atoms in total. The molecule has 1 aromatic heterocycles. The largest absolute Gasteiger partial charge is 0.504 e. The number of hydrogen-bond acceptors (Lipinski definition) is 4. The average molecular weight is 283 g/mol. The third kappa shape index (κ3) is 2.73. The minimum absolute atomic E-state index is 0.0222. The fourth-order valence-electron chi connectivity index (χ4n) is 2.58. The second kappa shape index (κ2) is 5.54. The molecule has 2 aromatic rings. The third-order valence-corrected chi connectivity index (χ3v) is 3.67. The zero-order chi connectivity index (χ0) is 14.8. The minimum atomic E-state index is -0.281. The van der Waals surface area contributed by atoms with Gasteiger partial charge in [-0.05, 0) is 30.2 Å². The number of hydrogen-bond donors (Lipinski definition) is 3. The Bertz CT molecular complexity index is 685. The topological polar surface area (TPSA) is 74.2 Å². The smallest absolute Gasteiger partial charge is 0.234 e.